The van der Waals surface area contributed by atoms with Crippen LogP contribution < -0.4 is 15.5 Å². The van der Waals surface area contributed by atoms with Gasteiger partial charge in [-0.3, -0.25) is 9.59 Å². The van der Waals surface area contributed by atoms with Gasteiger partial charge in [0.1, 0.15) is 18.0 Å². The molecule has 2 N–H and O–H groups in total. The summed E-state index contributed by atoms with van der Waals surface area (Å²) >= 11 is 12.0. The van der Waals surface area contributed by atoms with Crippen molar-refractivity contribution in [3.63, 3.8) is 0 Å². The van der Waals surface area contributed by atoms with Crippen LogP contribution in [0.5, 0.6) is 0 Å². The van der Waals surface area contributed by atoms with Gasteiger partial charge in [0, 0.05) is 54.9 Å². The topological polar surface area (TPSA) is 90.5 Å². The number of rotatable bonds is 6. The molecule has 0 aliphatic carbocycles. The van der Waals surface area contributed by atoms with Crippen molar-refractivity contribution in [1.82, 2.24) is 14.9 Å². The van der Waals surface area contributed by atoms with Gasteiger partial charge in [-0.1, -0.05) is 23.2 Å². The number of likely N-dealkylation sites (tertiary alicyclic amines) is 1. The van der Waals surface area contributed by atoms with Gasteiger partial charge in [0.2, 0.25) is 11.8 Å². The number of aromatic nitrogens is 2. The first-order valence-electron chi connectivity index (χ1n) is 9.62. The molecule has 1 aromatic heterocycles. The van der Waals surface area contributed by atoms with Crippen molar-refractivity contribution >= 4 is 52.3 Å². The van der Waals surface area contributed by atoms with E-state index in [9.17, 15) is 9.59 Å². The van der Waals surface area contributed by atoms with Gasteiger partial charge in [-0.2, -0.15) is 0 Å². The highest BCUT2D eigenvalue weighted by atomic mass is 35.5. The highest BCUT2D eigenvalue weighted by Crippen LogP contribution is 2.23. The fraction of sp³-hybridized carbons (Fsp3) is 0.400. The molecule has 3 rings (SSSR count). The average Bonchev–Trinajstić information content (AvgIpc) is 2.70. The van der Waals surface area contributed by atoms with Gasteiger partial charge in [0.05, 0.1) is 6.54 Å². The van der Waals surface area contributed by atoms with Crippen molar-refractivity contribution in [2.24, 2.45) is 0 Å². The van der Waals surface area contributed by atoms with Crippen molar-refractivity contribution in [2.75, 3.05) is 42.2 Å². The normalized spacial score (nSPS) is 16.1. The van der Waals surface area contributed by atoms with E-state index in [1.54, 1.807) is 24.3 Å². The number of benzene rings is 1. The van der Waals surface area contributed by atoms with Crippen LogP contribution in [0.4, 0.5) is 17.3 Å². The molecular weight excluding hydrogens is 427 g/mol. The lowest BCUT2D eigenvalue weighted by Crippen LogP contribution is -2.50. The van der Waals surface area contributed by atoms with Crippen LogP contribution in [0.1, 0.15) is 19.8 Å². The van der Waals surface area contributed by atoms with E-state index in [0.717, 1.165) is 12.8 Å². The van der Waals surface area contributed by atoms with Gasteiger partial charge in [-0.25, -0.2) is 9.97 Å². The first kappa shape index (κ1) is 22.1. The monoisotopic (exact) mass is 450 g/mol. The Morgan fingerprint density at radius 2 is 1.93 bits per heavy atom. The number of carbonyl (C=O) groups is 2. The average molecular weight is 451 g/mol. The number of amides is 2. The Labute approximate surface area is 185 Å². The Bertz CT molecular complexity index is 906. The summed E-state index contributed by atoms with van der Waals surface area (Å²) in [4.78, 5) is 36.2. The first-order chi connectivity index (χ1) is 14.3. The minimum atomic E-state index is -0.190. The van der Waals surface area contributed by atoms with Crippen molar-refractivity contribution in [3.05, 3.63) is 40.6 Å². The van der Waals surface area contributed by atoms with E-state index in [1.165, 1.54) is 13.3 Å². The summed E-state index contributed by atoms with van der Waals surface area (Å²) in [6.07, 6.45) is 3.26. The summed E-state index contributed by atoms with van der Waals surface area (Å²) in [5, 5.41) is 6.78. The Balaban J connectivity index is 1.60. The molecule has 0 saturated carbocycles. The number of nitrogens with zero attached hydrogens (tertiary/aromatic N) is 4. The van der Waals surface area contributed by atoms with E-state index in [0.29, 0.717) is 40.5 Å². The van der Waals surface area contributed by atoms with E-state index >= 15 is 0 Å². The van der Waals surface area contributed by atoms with Crippen LogP contribution in [0.25, 0.3) is 0 Å². The standard InChI is InChI=1S/C20H24Cl2N6O2/c1-13(29)26-18-9-19(25-12-24-18)27(2)17-4-3-5-28(11-17)20(30)10-23-16-7-14(21)6-15(22)8-16/h6-9,12,17,23H,3-5,10-11H2,1-2H3,(H,24,25,26,29)/t17-/m0/s1. The van der Waals surface area contributed by atoms with Crippen molar-refractivity contribution in [3.8, 4) is 0 Å². The number of carbonyl (C=O) groups excluding carboxylic acids is 2. The molecule has 1 aliphatic rings. The van der Waals surface area contributed by atoms with Gasteiger partial charge >= 0.3 is 0 Å². The lowest BCUT2D eigenvalue weighted by Gasteiger charge is -2.38. The molecule has 10 heteroatoms. The molecule has 8 nitrogen and oxygen atoms in total. The maximum atomic E-state index is 12.7. The van der Waals surface area contributed by atoms with Crippen molar-refractivity contribution in [1.29, 1.82) is 0 Å². The summed E-state index contributed by atoms with van der Waals surface area (Å²) in [5.74, 6) is 0.961. The molecule has 1 saturated heterocycles. The Morgan fingerprint density at radius 1 is 1.20 bits per heavy atom. The van der Waals surface area contributed by atoms with Crippen LogP contribution in [0.15, 0.2) is 30.6 Å². The second kappa shape index (κ2) is 9.95. The smallest absolute Gasteiger partial charge is 0.241 e. The zero-order valence-electron chi connectivity index (χ0n) is 16.9. The van der Waals surface area contributed by atoms with E-state index < -0.39 is 0 Å². The lowest BCUT2D eigenvalue weighted by atomic mass is 10.0. The quantitative estimate of drug-likeness (QED) is 0.701. The summed E-state index contributed by atoms with van der Waals surface area (Å²) in [5.41, 5.74) is 0.706. The lowest BCUT2D eigenvalue weighted by molar-refractivity contribution is -0.130. The molecule has 1 aromatic carbocycles. The molecular formula is C20H24Cl2N6O2. The molecule has 2 aromatic rings. The maximum absolute atomic E-state index is 12.7. The zero-order chi connectivity index (χ0) is 21.7. The molecule has 1 fully saturated rings. The van der Waals surface area contributed by atoms with E-state index in [2.05, 4.69) is 20.6 Å². The number of halogens is 2. The Morgan fingerprint density at radius 3 is 2.63 bits per heavy atom. The minimum Gasteiger partial charge on any atom is -0.376 e. The number of nitrogens with one attached hydrogen (secondary N) is 2. The molecule has 2 amide bonds. The van der Waals surface area contributed by atoms with E-state index in [4.69, 9.17) is 23.2 Å². The molecule has 0 unspecified atom stereocenters. The van der Waals surface area contributed by atoms with Crippen molar-refractivity contribution in [2.45, 2.75) is 25.8 Å². The second-order valence-corrected chi connectivity index (χ2v) is 8.07. The van der Waals surface area contributed by atoms with Crippen LogP contribution in [0.2, 0.25) is 10.0 Å². The van der Waals surface area contributed by atoms with Gasteiger partial charge < -0.3 is 20.4 Å². The molecule has 1 atom stereocenters. The van der Waals surface area contributed by atoms with Crippen LogP contribution in [0.3, 0.4) is 0 Å². The maximum Gasteiger partial charge on any atom is 0.241 e. The van der Waals surface area contributed by atoms with E-state index in [1.807, 2.05) is 16.8 Å². The Hall–Kier alpha value is -2.58. The van der Waals surface area contributed by atoms with Crippen LogP contribution in [0, 0.1) is 0 Å². The minimum absolute atomic E-state index is 0.00539. The molecule has 160 valence electrons. The number of hydrogen-bond acceptors (Lipinski definition) is 6. The van der Waals surface area contributed by atoms with Gasteiger partial charge in [0.15, 0.2) is 0 Å². The van der Waals surface area contributed by atoms with Crippen molar-refractivity contribution < 1.29 is 9.59 Å². The third-order valence-corrected chi connectivity index (χ3v) is 5.36. The second-order valence-electron chi connectivity index (χ2n) is 7.20. The van der Waals surface area contributed by atoms with Gasteiger partial charge in [-0.15, -0.1) is 0 Å². The molecule has 0 radical (unpaired) electrons. The third-order valence-electron chi connectivity index (χ3n) is 4.92. The highest BCUT2D eigenvalue weighted by Gasteiger charge is 2.27. The number of likely N-dealkylation sites (N-methyl/N-ethyl adjacent to an activating group) is 1. The fourth-order valence-corrected chi connectivity index (χ4v) is 3.94. The zero-order valence-corrected chi connectivity index (χ0v) is 18.4. The van der Waals surface area contributed by atoms with Crippen LogP contribution in [-0.4, -0.2) is 59.4 Å². The van der Waals surface area contributed by atoms with Gasteiger partial charge in [0.25, 0.3) is 0 Å². The first-order valence-corrected chi connectivity index (χ1v) is 10.4. The molecule has 2 heterocycles. The number of hydrogen-bond donors (Lipinski definition) is 2. The molecule has 30 heavy (non-hydrogen) atoms. The largest absolute Gasteiger partial charge is 0.376 e. The SMILES string of the molecule is CC(=O)Nc1cc(N(C)[C@H]2CCCN(C(=O)CNc3cc(Cl)cc(Cl)c3)C2)ncn1. The molecule has 0 spiro atoms. The highest BCUT2D eigenvalue weighted by molar-refractivity contribution is 6.35. The molecule has 1 aliphatic heterocycles. The number of anilines is 3. The summed E-state index contributed by atoms with van der Waals surface area (Å²) < 4.78 is 0. The van der Waals surface area contributed by atoms with Gasteiger partial charge in [-0.05, 0) is 31.0 Å². The third kappa shape index (κ3) is 5.96. The summed E-state index contributed by atoms with van der Waals surface area (Å²) in [6.45, 7) is 2.89. The van der Waals surface area contributed by atoms with Crippen LogP contribution >= 0.6 is 23.2 Å². The fourth-order valence-electron chi connectivity index (χ4n) is 3.42. The van der Waals surface area contributed by atoms with Crippen LogP contribution in [-0.2, 0) is 9.59 Å². The molecule has 0 bridgehead atoms. The number of piperidine rings is 1. The predicted molar refractivity (Wildman–Crippen MR) is 119 cm³/mol. The summed E-state index contributed by atoms with van der Waals surface area (Å²) in [7, 11) is 1.94. The summed E-state index contributed by atoms with van der Waals surface area (Å²) in [6, 6.07) is 6.95. The predicted octanol–water partition coefficient (Wildman–Crippen LogP) is 3.28. The van der Waals surface area contributed by atoms with E-state index in [-0.39, 0.29) is 24.4 Å². The Kier molecular flexibility index (Phi) is 7.33.